The largest absolute Gasteiger partial charge is 0.423 e. The maximum atomic E-state index is 7.68. The summed E-state index contributed by atoms with van der Waals surface area (Å²) in [5, 5.41) is 0.983. The van der Waals surface area contributed by atoms with Crippen LogP contribution in [0.15, 0.2) is 40.6 Å². The fourth-order valence-electron chi connectivity index (χ4n) is 3.32. The summed E-state index contributed by atoms with van der Waals surface area (Å²) >= 11 is 0. The van der Waals surface area contributed by atoms with Gasteiger partial charge in [-0.3, -0.25) is 0 Å². The Hall–Kier alpha value is -2.37. The van der Waals surface area contributed by atoms with Crippen LogP contribution in [0.25, 0.3) is 17.2 Å². The fourth-order valence-corrected chi connectivity index (χ4v) is 3.32. The summed E-state index contributed by atoms with van der Waals surface area (Å²) in [4.78, 5) is 9.75. The second-order valence-electron chi connectivity index (χ2n) is 5.83. The zero-order valence-corrected chi connectivity index (χ0v) is 12.8. The molecule has 5 nitrogen and oxygen atoms in total. The molecule has 2 aliphatic rings. The van der Waals surface area contributed by atoms with E-state index in [-0.39, 0.29) is 13.1 Å². The molecule has 22 heavy (non-hydrogen) atoms. The monoisotopic (exact) mass is 297 g/mol. The SMILES string of the molecule is [2H]C([2H])([2H])N1C=CN(B2C(C)=Cc3c(oc4ncccc34)N2C)[C@H]1C. The second-order valence-corrected chi connectivity index (χ2v) is 5.83. The first-order chi connectivity index (χ1) is 11.8. The van der Waals surface area contributed by atoms with Crippen LogP contribution in [0.1, 0.15) is 23.5 Å². The van der Waals surface area contributed by atoms with E-state index in [0.29, 0.717) is 5.71 Å². The Morgan fingerprint density at radius 2 is 2.27 bits per heavy atom. The molecule has 0 aromatic carbocycles. The third-order valence-corrected chi connectivity index (χ3v) is 4.47. The van der Waals surface area contributed by atoms with Crippen LogP contribution in [0.4, 0.5) is 5.88 Å². The average molecular weight is 297 g/mol. The van der Waals surface area contributed by atoms with Crippen molar-refractivity contribution in [2.45, 2.75) is 20.0 Å². The molecule has 1 atom stereocenters. The number of hydrogen-bond acceptors (Lipinski definition) is 5. The van der Waals surface area contributed by atoms with Gasteiger partial charge in [0.05, 0.1) is 6.17 Å². The van der Waals surface area contributed by atoms with E-state index in [1.165, 1.54) is 4.90 Å². The van der Waals surface area contributed by atoms with Gasteiger partial charge in [-0.1, -0.05) is 11.5 Å². The highest BCUT2D eigenvalue weighted by molar-refractivity contribution is 6.69. The summed E-state index contributed by atoms with van der Waals surface area (Å²) in [6.45, 7) is 1.66. The van der Waals surface area contributed by atoms with Crippen molar-refractivity contribution in [2.75, 3.05) is 18.8 Å². The van der Waals surface area contributed by atoms with Gasteiger partial charge in [0.1, 0.15) is 0 Å². The smallest absolute Gasteiger partial charge is 0.410 e. The minimum absolute atomic E-state index is 0.119. The first-order valence-corrected chi connectivity index (χ1v) is 7.32. The Kier molecular flexibility index (Phi) is 2.15. The maximum Gasteiger partial charge on any atom is 0.410 e. The Morgan fingerprint density at radius 3 is 3.05 bits per heavy atom. The lowest BCUT2D eigenvalue weighted by Crippen LogP contribution is -2.55. The van der Waals surface area contributed by atoms with Gasteiger partial charge in [-0.05, 0) is 33.0 Å². The summed E-state index contributed by atoms with van der Waals surface area (Å²) in [5.74, 6) is 0.747. The minimum atomic E-state index is -2.16. The molecular weight excluding hydrogens is 275 g/mol. The third kappa shape index (κ3) is 1.70. The van der Waals surface area contributed by atoms with Gasteiger partial charge >= 0.3 is 6.98 Å². The molecule has 6 heteroatoms. The molecule has 0 bridgehead atoms. The van der Waals surface area contributed by atoms with Crippen LogP contribution in [-0.4, -0.2) is 41.9 Å². The van der Waals surface area contributed by atoms with Crippen molar-refractivity contribution >= 4 is 30.0 Å². The number of allylic oxidation sites excluding steroid dienone is 1. The lowest BCUT2D eigenvalue weighted by atomic mass is 9.61. The molecule has 4 rings (SSSR count). The molecule has 2 aliphatic heterocycles. The van der Waals surface area contributed by atoms with E-state index in [1.54, 1.807) is 12.4 Å². The number of pyridine rings is 1. The molecular formula is C16H19BN4O. The Bertz CT molecular complexity index is 891. The first kappa shape index (κ1) is 10.4. The molecule has 2 aromatic rings. The third-order valence-electron chi connectivity index (χ3n) is 4.47. The molecule has 0 N–H and O–H groups in total. The van der Waals surface area contributed by atoms with E-state index in [4.69, 9.17) is 8.53 Å². The number of fused-ring (bicyclic) bond motifs is 3. The minimum Gasteiger partial charge on any atom is -0.423 e. The molecule has 0 fully saturated rings. The Labute approximate surface area is 134 Å². The summed E-state index contributed by atoms with van der Waals surface area (Å²) in [6.07, 6.45) is 7.00. The highest BCUT2D eigenvalue weighted by Crippen LogP contribution is 2.38. The van der Waals surface area contributed by atoms with E-state index < -0.39 is 6.98 Å². The lowest BCUT2D eigenvalue weighted by Gasteiger charge is -2.39. The van der Waals surface area contributed by atoms with Gasteiger partial charge in [0.25, 0.3) is 0 Å². The fraction of sp³-hybridized carbons (Fsp3) is 0.312. The number of furan rings is 1. The summed E-state index contributed by atoms with van der Waals surface area (Å²) in [7, 11) is 1.96. The van der Waals surface area contributed by atoms with Crippen molar-refractivity contribution in [3.63, 3.8) is 0 Å². The number of hydrogen-bond donors (Lipinski definition) is 0. The summed E-state index contributed by atoms with van der Waals surface area (Å²) in [6, 6.07) is 3.89. The van der Waals surface area contributed by atoms with E-state index in [1.807, 2.05) is 41.9 Å². The number of aromatic nitrogens is 1. The van der Waals surface area contributed by atoms with Crippen LogP contribution in [0, 0.1) is 0 Å². The van der Waals surface area contributed by atoms with Crippen LogP contribution < -0.4 is 4.81 Å². The summed E-state index contributed by atoms with van der Waals surface area (Å²) < 4.78 is 29.0. The molecule has 0 saturated carbocycles. The second kappa shape index (κ2) is 4.56. The van der Waals surface area contributed by atoms with Crippen LogP contribution in [0.5, 0.6) is 0 Å². The van der Waals surface area contributed by atoms with Gasteiger partial charge in [0.15, 0.2) is 5.88 Å². The summed E-state index contributed by atoms with van der Waals surface area (Å²) in [5.41, 5.74) is 2.74. The topological polar surface area (TPSA) is 35.8 Å². The van der Waals surface area contributed by atoms with Crippen molar-refractivity contribution in [1.29, 1.82) is 0 Å². The van der Waals surface area contributed by atoms with Gasteiger partial charge in [0, 0.05) is 40.6 Å². The van der Waals surface area contributed by atoms with Gasteiger partial charge < -0.3 is 18.9 Å². The molecule has 0 unspecified atom stereocenters. The van der Waals surface area contributed by atoms with E-state index in [2.05, 4.69) is 18.0 Å². The average Bonchev–Trinajstić information content (AvgIpc) is 3.09. The quantitative estimate of drug-likeness (QED) is 0.756. The van der Waals surface area contributed by atoms with Gasteiger partial charge in [-0.2, -0.15) is 0 Å². The zero-order valence-electron chi connectivity index (χ0n) is 15.8. The van der Waals surface area contributed by atoms with Crippen molar-refractivity contribution in [3.8, 4) is 0 Å². The normalized spacial score (nSPS) is 23.5. The zero-order chi connectivity index (χ0) is 17.9. The molecule has 4 heterocycles. The predicted octanol–water partition coefficient (Wildman–Crippen LogP) is 2.77. The van der Waals surface area contributed by atoms with Crippen molar-refractivity contribution < 1.29 is 8.53 Å². The maximum absolute atomic E-state index is 7.68. The molecule has 112 valence electrons. The first-order valence-electron chi connectivity index (χ1n) is 8.82. The number of rotatable bonds is 1. The molecule has 2 aromatic heterocycles. The Balaban J connectivity index is 1.73. The van der Waals surface area contributed by atoms with Crippen molar-refractivity contribution in [3.05, 3.63) is 41.8 Å². The van der Waals surface area contributed by atoms with E-state index in [0.717, 1.165) is 22.3 Å². The standard InChI is InChI=1S/C16H19BN4O/c1-11-10-14-13-6-5-7-18-15(13)22-16(14)20(4)17(11)21-9-8-19(3)12(21)2/h5-10,12H,1-4H3/t12-/m0/s1/i3D3. The molecule has 0 saturated heterocycles. The van der Waals surface area contributed by atoms with Gasteiger partial charge in [-0.15, -0.1) is 0 Å². The highest BCUT2D eigenvalue weighted by Gasteiger charge is 2.40. The number of anilines is 1. The van der Waals surface area contributed by atoms with Gasteiger partial charge in [0.2, 0.25) is 5.71 Å². The molecule has 0 radical (unpaired) electrons. The van der Waals surface area contributed by atoms with E-state index >= 15 is 0 Å². The van der Waals surface area contributed by atoms with Crippen molar-refractivity contribution in [2.24, 2.45) is 0 Å². The molecule has 0 amide bonds. The highest BCUT2D eigenvalue weighted by atomic mass is 16.4. The van der Waals surface area contributed by atoms with Gasteiger partial charge in [-0.25, -0.2) is 4.98 Å². The van der Waals surface area contributed by atoms with Crippen LogP contribution in [0.2, 0.25) is 0 Å². The van der Waals surface area contributed by atoms with E-state index in [9.17, 15) is 0 Å². The molecule has 0 spiro atoms. The molecule has 0 aliphatic carbocycles. The van der Waals surface area contributed by atoms with Crippen LogP contribution in [-0.2, 0) is 0 Å². The van der Waals surface area contributed by atoms with Crippen LogP contribution in [0.3, 0.4) is 0 Å². The number of nitrogens with zero attached hydrogens (tertiary/aromatic N) is 4. The lowest BCUT2D eigenvalue weighted by molar-refractivity contribution is 0.272. The predicted molar refractivity (Wildman–Crippen MR) is 90.0 cm³/mol. The Morgan fingerprint density at radius 1 is 1.41 bits per heavy atom. The van der Waals surface area contributed by atoms with Crippen LogP contribution >= 0.6 is 0 Å². The van der Waals surface area contributed by atoms with Crippen molar-refractivity contribution in [1.82, 2.24) is 14.7 Å².